The van der Waals surface area contributed by atoms with Gasteiger partial charge in [-0.05, 0) is 164 Å². The number of hydrogen-bond donors (Lipinski definition) is 0. The Kier molecular flexibility index (Phi) is 12.1. The maximum absolute atomic E-state index is 7.48. The number of rotatable bonds is 12. The second-order valence-corrected chi connectivity index (χ2v) is 21.6. The standard InChI is InChI=1S/C80H56N2O/c1-3-4-41-70-54(2)66-39-23-25-42-71(66)80(70)72-52-64(81(62-35-19-9-20-36-62)65-49-60(56-29-13-6-14-30-56)48-61(50-65)57-31-15-7-16-32-57)45-46-67(72)77-73(80)53-75(78-68-40-24-26-43-76(68)83-79(77)78)82(63-37-21-10-22-38-63)74-47-44-59(55-27-11-5-12-28-55)51-69(74)58-33-17-8-18-34-58/h3-53H,1H2,2H3/b41-4-. The van der Waals surface area contributed by atoms with Crippen LogP contribution in [-0.4, -0.2) is 0 Å². The molecule has 2 aliphatic rings. The van der Waals surface area contributed by atoms with E-state index < -0.39 is 5.41 Å². The molecule has 83 heavy (non-hydrogen) atoms. The first kappa shape index (κ1) is 49.3. The maximum Gasteiger partial charge on any atom is 0.145 e. The van der Waals surface area contributed by atoms with Crippen LogP contribution in [-0.2, 0) is 5.41 Å². The number of nitrogens with zero attached hydrogens (tertiary/aromatic N) is 2. The van der Waals surface area contributed by atoms with Gasteiger partial charge < -0.3 is 14.2 Å². The highest BCUT2D eigenvalue weighted by Gasteiger charge is 2.53. The van der Waals surface area contributed by atoms with Gasteiger partial charge in [0.05, 0.1) is 22.2 Å². The number of hydrogen-bond acceptors (Lipinski definition) is 3. The summed E-state index contributed by atoms with van der Waals surface area (Å²) in [5.41, 5.74) is 25.7. The van der Waals surface area contributed by atoms with Crippen molar-refractivity contribution in [1.29, 1.82) is 0 Å². The Morgan fingerprint density at radius 2 is 0.928 bits per heavy atom. The van der Waals surface area contributed by atoms with Crippen LogP contribution < -0.4 is 9.80 Å². The second-order valence-electron chi connectivity index (χ2n) is 21.6. The molecule has 0 amide bonds. The minimum atomic E-state index is -0.812. The molecule has 0 saturated heterocycles. The zero-order valence-electron chi connectivity index (χ0n) is 46.0. The molecule has 0 N–H and O–H groups in total. The molecule has 0 bridgehead atoms. The SMILES string of the molecule is C=C/C=C\C1=C(C)c2ccccc2C12c1cc(N(c3ccccc3)c3cc(-c4ccccc4)cc(-c4ccccc4)c3)ccc1-c1c2cc(N(c2ccccc2)c2ccc(-c3ccccc3)cc2-c2ccccc2)c2c1oc1ccccc12. The topological polar surface area (TPSA) is 19.6 Å². The summed E-state index contributed by atoms with van der Waals surface area (Å²) in [6.07, 6.45) is 6.33. The molecular formula is C80H56N2O. The average molecular weight is 1060 g/mol. The summed E-state index contributed by atoms with van der Waals surface area (Å²) in [6, 6.07) is 106. The Bertz CT molecular complexity index is 4620. The summed E-state index contributed by atoms with van der Waals surface area (Å²) in [7, 11) is 0. The van der Waals surface area contributed by atoms with E-state index in [1.807, 2.05) is 6.08 Å². The van der Waals surface area contributed by atoms with Crippen LogP contribution in [0.5, 0.6) is 0 Å². The molecule has 392 valence electrons. The summed E-state index contributed by atoms with van der Waals surface area (Å²) >= 11 is 0. The van der Waals surface area contributed by atoms with E-state index in [1.165, 1.54) is 27.8 Å². The predicted octanol–water partition coefficient (Wildman–Crippen LogP) is 22.0. The van der Waals surface area contributed by atoms with E-state index in [9.17, 15) is 0 Å². The van der Waals surface area contributed by atoms with Crippen molar-refractivity contribution in [3.05, 3.63) is 344 Å². The van der Waals surface area contributed by atoms with Crippen LogP contribution in [0, 0.1) is 0 Å². The summed E-state index contributed by atoms with van der Waals surface area (Å²) in [6.45, 7) is 6.55. The number of furan rings is 1. The van der Waals surface area contributed by atoms with Crippen LogP contribution in [0.2, 0.25) is 0 Å². The van der Waals surface area contributed by atoms with Gasteiger partial charge in [-0.1, -0.05) is 237 Å². The number of benzene rings is 12. The Hall–Kier alpha value is -10.7. The van der Waals surface area contributed by atoms with Gasteiger partial charge in [0, 0.05) is 39.3 Å². The fraction of sp³-hybridized carbons (Fsp3) is 0.0250. The van der Waals surface area contributed by atoms with Crippen molar-refractivity contribution in [2.75, 3.05) is 9.80 Å². The quantitative estimate of drug-likeness (QED) is 0.114. The molecule has 1 atom stereocenters. The monoisotopic (exact) mass is 1060 g/mol. The van der Waals surface area contributed by atoms with E-state index in [-0.39, 0.29) is 0 Å². The van der Waals surface area contributed by atoms with Gasteiger partial charge in [0.1, 0.15) is 11.2 Å². The molecule has 15 rings (SSSR count). The Balaban J connectivity index is 1.05. The van der Waals surface area contributed by atoms with Crippen LogP contribution in [0.3, 0.4) is 0 Å². The van der Waals surface area contributed by atoms with Crippen molar-refractivity contribution in [3.8, 4) is 55.6 Å². The molecule has 0 fully saturated rings. The van der Waals surface area contributed by atoms with E-state index in [0.29, 0.717) is 0 Å². The zero-order valence-corrected chi connectivity index (χ0v) is 46.0. The van der Waals surface area contributed by atoms with Gasteiger partial charge in [-0.2, -0.15) is 0 Å². The molecule has 1 heterocycles. The third-order valence-corrected chi connectivity index (χ3v) is 17.0. The molecule has 3 heteroatoms. The van der Waals surface area contributed by atoms with E-state index in [2.05, 4.69) is 327 Å². The van der Waals surface area contributed by atoms with Crippen LogP contribution in [0.15, 0.2) is 326 Å². The first-order valence-corrected chi connectivity index (χ1v) is 28.5. The number of fused-ring (bicyclic) bond motifs is 11. The highest BCUT2D eigenvalue weighted by atomic mass is 16.3. The van der Waals surface area contributed by atoms with Crippen LogP contribution >= 0.6 is 0 Å². The maximum atomic E-state index is 7.48. The molecule has 12 aromatic carbocycles. The lowest BCUT2D eigenvalue weighted by Gasteiger charge is -2.34. The highest BCUT2D eigenvalue weighted by molar-refractivity contribution is 6.20. The third-order valence-electron chi connectivity index (χ3n) is 17.0. The van der Waals surface area contributed by atoms with E-state index in [4.69, 9.17) is 4.42 Å². The van der Waals surface area contributed by atoms with E-state index in [1.54, 1.807) is 0 Å². The normalized spacial score (nSPS) is 14.1. The molecule has 0 saturated carbocycles. The zero-order chi connectivity index (χ0) is 55.4. The molecule has 1 unspecified atom stereocenters. The molecule has 1 spiro atoms. The average Bonchev–Trinajstić information content (AvgIpc) is 1.61. The number of para-hydroxylation sites is 3. The second kappa shape index (κ2) is 20.4. The van der Waals surface area contributed by atoms with Crippen molar-refractivity contribution in [2.45, 2.75) is 12.3 Å². The lowest BCUT2D eigenvalue weighted by molar-refractivity contribution is 0.669. The minimum absolute atomic E-state index is 0.812. The van der Waals surface area contributed by atoms with Crippen molar-refractivity contribution in [2.24, 2.45) is 0 Å². The Labute approximate surface area is 485 Å². The fourth-order valence-corrected chi connectivity index (χ4v) is 13.4. The van der Waals surface area contributed by atoms with Crippen molar-refractivity contribution >= 4 is 61.6 Å². The van der Waals surface area contributed by atoms with Crippen LogP contribution in [0.1, 0.15) is 29.2 Å². The Morgan fingerprint density at radius 1 is 0.373 bits per heavy atom. The number of allylic oxidation sites excluding steroid dienone is 5. The molecule has 1 aromatic heterocycles. The van der Waals surface area contributed by atoms with Gasteiger partial charge in [-0.15, -0.1) is 0 Å². The summed E-state index contributed by atoms with van der Waals surface area (Å²) in [4.78, 5) is 4.93. The molecule has 0 aliphatic heterocycles. The van der Waals surface area contributed by atoms with Gasteiger partial charge in [0.25, 0.3) is 0 Å². The molecule has 0 radical (unpaired) electrons. The third kappa shape index (κ3) is 8.11. The molecule has 2 aliphatic carbocycles. The van der Waals surface area contributed by atoms with Gasteiger partial charge in [-0.25, -0.2) is 0 Å². The first-order chi connectivity index (χ1) is 41.1. The largest absolute Gasteiger partial charge is 0.455 e. The summed E-state index contributed by atoms with van der Waals surface area (Å²) in [5.74, 6) is 0. The van der Waals surface area contributed by atoms with Crippen molar-refractivity contribution in [3.63, 3.8) is 0 Å². The molecule has 3 nitrogen and oxygen atoms in total. The fourth-order valence-electron chi connectivity index (χ4n) is 13.4. The van der Waals surface area contributed by atoms with Gasteiger partial charge >= 0.3 is 0 Å². The first-order valence-electron chi connectivity index (χ1n) is 28.5. The van der Waals surface area contributed by atoms with E-state index in [0.717, 1.165) is 117 Å². The number of anilines is 6. The van der Waals surface area contributed by atoms with Crippen LogP contribution in [0.4, 0.5) is 34.1 Å². The van der Waals surface area contributed by atoms with E-state index >= 15 is 0 Å². The molecular weight excluding hydrogens is 1000 g/mol. The molecule has 13 aromatic rings. The van der Waals surface area contributed by atoms with Gasteiger partial charge in [-0.3, -0.25) is 0 Å². The van der Waals surface area contributed by atoms with Crippen molar-refractivity contribution in [1.82, 2.24) is 0 Å². The minimum Gasteiger partial charge on any atom is -0.455 e. The highest BCUT2D eigenvalue weighted by Crippen LogP contribution is 2.66. The Morgan fingerprint density at radius 3 is 1.57 bits per heavy atom. The summed E-state index contributed by atoms with van der Waals surface area (Å²) < 4.78 is 7.48. The smallest absolute Gasteiger partial charge is 0.145 e. The van der Waals surface area contributed by atoms with Gasteiger partial charge in [0.15, 0.2) is 0 Å². The lowest BCUT2D eigenvalue weighted by atomic mass is 9.69. The van der Waals surface area contributed by atoms with Crippen LogP contribution in [0.25, 0.3) is 83.1 Å². The predicted molar refractivity (Wildman–Crippen MR) is 349 cm³/mol. The summed E-state index contributed by atoms with van der Waals surface area (Å²) in [5, 5.41) is 2.10. The van der Waals surface area contributed by atoms with Gasteiger partial charge in [0.2, 0.25) is 0 Å². The lowest BCUT2D eigenvalue weighted by Crippen LogP contribution is -2.27. The van der Waals surface area contributed by atoms with Crippen molar-refractivity contribution < 1.29 is 4.42 Å².